The van der Waals surface area contributed by atoms with Crippen molar-refractivity contribution < 1.29 is 0 Å². The van der Waals surface area contributed by atoms with E-state index in [4.69, 9.17) is 0 Å². The summed E-state index contributed by atoms with van der Waals surface area (Å²) in [7, 11) is 1.97. The van der Waals surface area contributed by atoms with Crippen molar-refractivity contribution in [2.45, 2.75) is 20.3 Å². The van der Waals surface area contributed by atoms with Gasteiger partial charge in [-0.3, -0.25) is 0 Å². The van der Waals surface area contributed by atoms with E-state index in [2.05, 4.69) is 48.4 Å². The Morgan fingerprint density at radius 2 is 1.88 bits per heavy atom. The number of nitrogens with one attached hydrogen (secondary N) is 1. The van der Waals surface area contributed by atoms with Gasteiger partial charge in [-0.1, -0.05) is 29.8 Å². The minimum atomic E-state index is 0.986. The highest BCUT2D eigenvalue weighted by atomic mass is 32.1. The molecule has 0 spiro atoms. The fourth-order valence-corrected chi connectivity index (χ4v) is 2.83. The van der Waals surface area contributed by atoms with E-state index in [0.717, 1.165) is 18.7 Å². The van der Waals surface area contributed by atoms with Crippen LogP contribution < -0.4 is 5.32 Å². The average Bonchev–Trinajstić information content (AvgIpc) is 2.69. The lowest BCUT2D eigenvalue weighted by atomic mass is 10.1. The Morgan fingerprint density at radius 3 is 2.53 bits per heavy atom. The van der Waals surface area contributed by atoms with Crippen LogP contribution in [0.5, 0.6) is 0 Å². The molecule has 1 aromatic heterocycles. The standard InChI is InChI=1S/C14H18N2S/c1-10-4-6-12(7-5-10)14-11(2)16-13(17-14)8-9-15-3/h4-7,15H,8-9H2,1-3H3. The van der Waals surface area contributed by atoms with Crippen molar-refractivity contribution in [1.82, 2.24) is 10.3 Å². The van der Waals surface area contributed by atoms with Gasteiger partial charge < -0.3 is 5.32 Å². The van der Waals surface area contributed by atoms with Crippen LogP contribution in [0.15, 0.2) is 24.3 Å². The van der Waals surface area contributed by atoms with Crippen molar-refractivity contribution in [2.75, 3.05) is 13.6 Å². The predicted molar refractivity (Wildman–Crippen MR) is 74.7 cm³/mol. The maximum Gasteiger partial charge on any atom is 0.0947 e. The Balaban J connectivity index is 2.26. The van der Waals surface area contributed by atoms with E-state index in [0.29, 0.717) is 0 Å². The molecule has 2 aromatic rings. The third-order valence-electron chi connectivity index (χ3n) is 2.74. The molecule has 0 unspecified atom stereocenters. The Kier molecular flexibility index (Phi) is 3.92. The fourth-order valence-electron chi connectivity index (χ4n) is 1.76. The lowest BCUT2D eigenvalue weighted by Gasteiger charge is -1.99. The maximum absolute atomic E-state index is 4.63. The molecule has 1 heterocycles. The van der Waals surface area contributed by atoms with Crippen LogP contribution in [0.1, 0.15) is 16.3 Å². The normalized spacial score (nSPS) is 10.8. The van der Waals surface area contributed by atoms with E-state index in [1.165, 1.54) is 21.0 Å². The van der Waals surface area contributed by atoms with Gasteiger partial charge in [0.2, 0.25) is 0 Å². The first-order valence-electron chi connectivity index (χ1n) is 5.88. The fraction of sp³-hybridized carbons (Fsp3) is 0.357. The number of hydrogen-bond acceptors (Lipinski definition) is 3. The number of aromatic nitrogens is 1. The average molecular weight is 246 g/mol. The van der Waals surface area contributed by atoms with E-state index in [1.807, 2.05) is 18.4 Å². The minimum absolute atomic E-state index is 0.986. The van der Waals surface area contributed by atoms with Crippen LogP contribution in [0.4, 0.5) is 0 Å². The molecule has 0 radical (unpaired) electrons. The lowest BCUT2D eigenvalue weighted by Crippen LogP contribution is -2.09. The summed E-state index contributed by atoms with van der Waals surface area (Å²) in [6, 6.07) is 8.67. The third-order valence-corrected chi connectivity index (χ3v) is 4.01. The first-order valence-corrected chi connectivity index (χ1v) is 6.70. The van der Waals surface area contributed by atoms with Crippen LogP contribution in [0, 0.1) is 13.8 Å². The van der Waals surface area contributed by atoms with E-state index in [-0.39, 0.29) is 0 Å². The molecular weight excluding hydrogens is 228 g/mol. The van der Waals surface area contributed by atoms with Gasteiger partial charge >= 0.3 is 0 Å². The van der Waals surface area contributed by atoms with Gasteiger partial charge in [-0.2, -0.15) is 0 Å². The third kappa shape index (κ3) is 2.93. The number of thiazole rings is 1. The van der Waals surface area contributed by atoms with Gasteiger partial charge in [0.15, 0.2) is 0 Å². The number of rotatable bonds is 4. The molecule has 0 bridgehead atoms. The topological polar surface area (TPSA) is 24.9 Å². The van der Waals surface area contributed by atoms with E-state index >= 15 is 0 Å². The number of benzene rings is 1. The zero-order valence-electron chi connectivity index (χ0n) is 10.6. The molecule has 3 heteroatoms. The summed E-state index contributed by atoms with van der Waals surface area (Å²) in [5, 5.41) is 4.37. The molecule has 2 rings (SSSR count). The maximum atomic E-state index is 4.63. The molecule has 1 aromatic carbocycles. The zero-order chi connectivity index (χ0) is 12.3. The summed E-state index contributed by atoms with van der Waals surface area (Å²) < 4.78 is 0. The van der Waals surface area contributed by atoms with E-state index < -0.39 is 0 Å². The molecule has 0 aliphatic heterocycles. The molecule has 90 valence electrons. The molecule has 0 aliphatic carbocycles. The molecule has 1 N–H and O–H groups in total. The smallest absolute Gasteiger partial charge is 0.0947 e. The Morgan fingerprint density at radius 1 is 1.18 bits per heavy atom. The van der Waals surface area contributed by atoms with Gasteiger partial charge in [0, 0.05) is 13.0 Å². The summed E-state index contributed by atoms with van der Waals surface area (Å²) in [4.78, 5) is 5.93. The summed E-state index contributed by atoms with van der Waals surface area (Å²) in [5.41, 5.74) is 3.72. The van der Waals surface area contributed by atoms with E-state index in [1.54, 1.807) is 0 Å². The van der Waals surface area contributed by atoms with Crippen molar-refractivity contribution in [3.63, 3.8) is 0 Å². The first-order chi connectivity index (χ1) is 8.20. The molecule has 17 heavy (non-hydrogen) atoms. The van der Waals surface area contributed by atoms with Crippen molar-refractivity contribution in [3.8, 4) is 10.4 Å². The number of aryl methyl sites for hydroxylation is 2. The van der Waals surface area contributed by atoms with Gasteiger partial charge in [-0.15, -0.1) is 11.3 Å². The van der Waals surface area contributed by atoms with Crippen LogP contribution in [0.25, 0.3) is 10.4 Å². The summed E-state index contributed by atoms with van der Waals surface area (Å²) in [5.74, 6) is 0. The molecule has 2 nitrogen and oxygen atoms in total. The van der Waals surface area contributed by atoms with Crippen LogP contribution in [-0.2, 0) is 6.42 Å². The Labute approximate surface area is 107 Å². The second-order valence-corrected chi connectivity index (χ2v) is 5.33. The van der Waals surface area contributed by atoms with Gasteiger partial charge in [0.25, 0.3) is 0 Å². The molecule has 0 atom stereocenters. The van der Waals surface area contributed by atoms with Crippen molar-refractivity contribution >= 4 is 11.3 Å². The quantitative estimate of drug-likeness (QED) is 0.896. The summed E-state index contributed by atoms with van der Waals surface area (Å²) in [6.07, 6.45) is 1.01. The predicted octanol–water partition coefficient (Wildman–Crippen LogP) is 3.19. The molecule has 0 fully saturated rings. The van der Waals surface area contributed by atoms with Crippen molar-refractivity contribution in [3.05, 3.63) is 40.5 Å². The highest BCUT2D eigenvalue weighted by Gasteiger charge is 2.08. The summed E-state index contributed by atoms with van der Waals surface area (Å²) >= 11 is 1.81. The van der Waals surface area contributed by atoms with Crippen molar-refractivity contribution in [2.24, 2.45) is 0 Å². The van der Waals surface area contributed by atoms with Crippen LogP contribution in [-0.4, -0.2) is 18.6 Å². The van der Waals surface area contributed by atoms with Crippen LogP contribution in [0.3, 0.4) is 0 Å². The Hall–Kier alpha value is -1.19. The lowest BCUT2D eigenvalue weighted by molar-refractivity contribution is 0.786. The minimum Gasteiger partial charge on any atom is -0.319 e. The van der Waals surface area contributed by atoms with Gasteiger partial charge in [0.05, 0.1) is 15.6 Å². The SMILES string of the molecule is CNCCc1nc(C)c(-c2ccc(C)cc2)s1. The first kappa shape index (κ1) is 12.3. The second kappa shape index (κ2) is 5.43. The second-order valence-electron chi connectivity index (χ2n) is 4.24. The van der Waals surface area contributed by atoms with Crippen LogP contribution in [0.2, 0.25) is 0 Å². The highest BCUT2D eigenvalue weighted by Crippen LogP contribution is 2.30. The van der Waals surface area contributed by atoms with Gasteiger partial charge in [-0.05, 0) is 26.5 Å². The highest BCUT2D eigenvalue weighted by molar-refractivity contribution is 7.15. The number of hydrogen-bond donors (Lipinski definition) is 1. The van der Waals surface area contributed by atoms with E-state index in [9.17, 15) is 0 Å². The largest absolute Gasteiger partial charge is 0.319 e. The number of nitrogens with zero attached hydrogens (tertiary/aromatic N) is 1. The number of likely N-dealkylation sites (N-methyl/N-ethyl adjacent to an activating group) is 1. The van der Waals surface area contributed by atoms with Crippen LogP contribution >= 0.6 is 11.3 Å². The monoisotopic (exact) mass is 246 g/mol. The molecule has 0 amide bonds. The van der Waals surface area contributed by atoms with Gasteiger partial charge in [0.1, 0.15) is 0 Å². The Bertz CT molecular complexity index is 485. The molecule has 0 saturated heterocycles. The molecular formula is C14H18N2S. The van der Waals surface area contributed by atoms with Gasteiger partial charge in [-0.25, -0.2) is 4.98 Å². The zero-order valence-corrected chi connectivity index (χ0v) is 11.4. The van der Waals surface area contributed by atoms with Crippen molar-refractivity contribution in [1.29, 1.82) is 0 Å². The molecule has 0 saturated carbocycles. The summed E-state index contributed by atoms with van der Waals surface area (Å²) in [6.45, 7) is 5.19. The molecule has 0 aliphatic rings.